The highest BCUT2D eigenvalue weighted by atomic mass is 35.5. The lowest BCUT2D eigenvalue weighted by Crippen LogP contribution is -2.31. The van der Waals surface area contributed by atoms with Crippen molar-refractivity contribution in [3.05, 3.63) is 76.6 Å². The lowest BCUT2D eigenvalue weighted by molar-refractivity contribution is -0.119. The highest BCUT2D eigenvalue weighted by Crippen LogP contribution is 2.34. The Morgan fingerprint density at radius 3 is 2.71 bits per heavy atom. The number of benzene rings is 2. The maximum atomic E-state index is 14.5. The minimum atomic E-state index is -1.07. The van der Waals surface area contributed by atoms with E-state index >= 15 is 0 Å². The molecule has 0 spiro atoms. The molecule has 0 radical (unpaired) electrons. The molecular weight excluding hydrogens is 554 g/mol. The molecule has 11 heteroatoms. The van der Waals surface area contributed by atoms with E-state index in [-0.39, 0.29) is 29.4 Å². The van der Waals surface area contributed by atoms with Crippen LogP contribution in [0.5, 0.6) is 0 Å². The van der Waals surface area contributed by atoms with E-state index in [0.717, 1.165) is 23.3 Å². The molecule has 1 aliphatic heterocycles. The number of nitrogens with zero attached hydrogens (tertiary/aromatic N) is 1. The summed E-state index contributed by atoms with van der Waals surface area (Å²) in [5, 5.41) is 8.63. The van der Waals surface area contributed by atoms with Crippen LogP contribution in [0.4, 0.5) is 25.0 Å². The van der Waals surface area contributed by atoms with Crippen molar-refractivity contribution in [3.8, 4) is 11.1 Å². The Kier molecular flexibility index (Phi) is 9.67. The van der Waals surface area contributed by atoms with Crippen molar-refractivity contribution in [2.24, 2.45) is 11.8 Å². The Labute approximate surface area is 241 Å². The number of methoxy groups -OCH3 is 1. The third-order valence-electron chi connectivity index (χ3n) is 7.14. The lowest BCUT2D eigenvalue weighted by Gasteiger charge is -2.23. The molecule has 0 saturated carbocycles. The van der Waals surface area contributed by atoms with Crippen molar-refractivity contribution >= 4 is 40.8 Å². The number of anilines is 2. The van der Waals surface area contributed by atoms with Crippen molar-refractivity contribution in [3.63, 3.8) is 0 Å². The van der Waals surface area contributed by atoms with Crippen LogP contribution in [0.3, 0.4) is 0 Å². The summed E-state index contributed by atoms with van der Waals surface area (Å²) in [5.74, 6) is -3.94. The topological polar surface area (TPSA) is 109 Å². The average Bonchev–Trinajstić information content (AvgIpc) is 2.96. The largest absolute Gasteiger partial charge is 0.453 e. The van der Waals surface area contributed by atoms with Gasteiger partial charge in [-0.05, 0) is 54.8 Å². The summed E-state index contributed by atoms with van der Waals surface area (Å²) < 4.78 is 33.5. The van der Waals surface area contributed by atoms with Gasteiger partial charge in [0, 0.05) is 41.9 Å². The molecule has 4 rings (SSSR count). The number of halogens is 3. The van der Waals surface area contributed by atoms with E-state index < -0.39 is 35.0 Å². The minimum Gasteiger partial charge on any atom is -0.453 e. The van der Waals surface area contributed by atoms with Crippen LogP contribution >= 0.6 is 11.6 Å². The van der Waals surface area contributed by atoms with Crippen LogP contribution in [0.15, 0.2) is 48.7 Å². The van der Waals surface area contributed by atoms with Gasteiger partial charge in [-0.3, -0.25) is 19.9 Å². The van der Waals surface area contributed by atoms with E-state index in [1.165, 1.54) is 7.11 Å². The molecule has 0 aliphatic carbocycles. The van der Waals surface area contributed by atoms with Gasteiger partial charge in [0.25, 0.3) is 0 Å². The molecule has 8 nitrogen and oxygen atoms in total. The second-order valence-electron chi connectivity index (χ2n) is 10.1. The summed E-state index contributed by atoms with van der Waals surface area (Å²) in [4.78, 5) is 42.3. The zero-order valence-corrected chi connectivity index (χ0v) is 23.6. The number of pyridine rings is 1. The molecular formula is C30H31ClF2N4O4. The molecule has 2 bridgehead atoms. The molecule has 41 heavy (non-hydrogen) atoms. The van der Waals surface area contributed by atoms with E-state index in [0.29, 0.717) is 36.3 Å². The third-order valence-corrected chi connectivity index (χ3v) is 7.44. The Hall–Kier alpha value is -3.89. The summed E-state index contributed by atoms with van der Waals surface area (Å²) >= 11 is 5.78. The van der Waals surface area contributed by atoms with E-state index in [9.17, 15) is 23.2 Å². The van der Waals surface area contributed by atoms with Gasteiger partial charge in [0.15, 0.2) is 11.6 Å². The van der Waals surface area contributed by atoms with Gasteiger partial charge in [0.1, 0.15) is 5.82 Å². The highest BCUT2D eigenvalue weighted by molar-refractivity contribution is 6.31. The van der Waals surface area contributed by atoms with Gasteiger partial charge in [0.2, 0.25) is 5.91 Å². The van der Waals surface area contributed by atoms with E-state index in [1.807, 2.05) is 19.1 Å². The molecule has 1 unspecified atom stereocenters. The fraction of sp³-hybridized carbons (Fsp3) is 0.333. The summed E-state index contributed by atoms with van der Waals surface area (Å²) in [5.41, 5.74) is 2.53. The summed E-state index contributed by atoms with van der Waals surface area (Å²) in [6.45, 7) is 3.57. The van der Waals surface area contributed by atoms with Crippen LogP contribution in [0.25, 0.3) is 11.1 Å². The second-order valence-corrected chi connectivity index (χ2v) is 10.5. The van der Waals surface area contributed by atoms with Gasteiger partial charge in [-0.1, -0.05) is 37.9 Å². The zero-order valence-electron chi connectivity index (χ0n) is 22.9. The summed E-state index contributed by atoms with van der Waals surface area (Å²) in [6.07, 6.45) is 2.91. The fourth-order valence-electron chi connectivity index (χ4n) is 4.73. The van der Waals surface area contributed by atoms with Gasteiger partial charge in [-0.15, -0.1) is 0 Å². The van der Waals surface area contributed by atoms with Crippen molar-refractivity contribution in [1.29, 1.82) is 0 Å². The maximum absolute atomic E-state index is 14.5. The average molecular weight is 585 g/mol. The standard InChI is InChI=1S/C30H31ClF2N4O4/c1-16-5-4-6-23(35-15-17(2)28(38)26-22(32)10-9-21(31)27(26)33)25-13-18(11-12-34-25)20-8-7-19(36-30(40)41-3)14-24(20)37-29(16)39/h7-14,16-17,23,35H,4-6,15H2,1-3H3,(H,36,40)(H,37,39)/t16-,17?,23+/m1/s1. The number of rotatable bonds is 6. The minimum absolute atomic E-state index is 0.135. The Bertz CT molecular complexity index is 1470. The Balaban J connectivity index is 1.63. The van der Waals surface area contributed by atoms with Crippen LogP contribution in [0.2, 0.25) is 5.02 Å². The van der Waals surface area contributed by atoms with Crippen molar-refractivity contribution < 1.29 is 27.9 Å². The van der Waals surface area contributed by atoms with Crippen LogP contribution in [0, 0.1) is 23.5 Å². The lowest BCUT2D eigenvalue weighted by atomic mass is 9.94. The van der Waals surface area contributed by atoms with Gasteiger partial charge in [-0.2, -0.15) is 0 Å². The van der Waals surface area contributed by atoms with E-state index in [2.05, 4.69) is 25.7 Å². The number of aromatic nitrogens is 1. The van der Waals surface area contributed by atoms with E-state index in [1.54, 1.807) is 31.3 Å². The number of Topliss-reactive ketones (excluding diaryl/α,β-unsaturated/α-hetero) is 1. The molecule has 2 amide bonds. The molecule has 3 N–H and O–H groups in total. The quantitative estimate of drug-likeness (QED) is 0.218. The second kappa shape index (κ2) is 13.2. The first-order valence-corrected chi connectivity index (χ1v) is 13.6. The number of carbonyl (C=O) groups excluding carboxylic acids is 3. The maximum Gasteiger partial charge on any atom is 0.411 e. The highest BCUT2D eigenvalue weighted by Gasteiger charge is 2.26. The number of nitrogens with one attached hydrogen (secondary N) is 3. The summed E-state index contributed by atoms with van der Waals surface area (Å²) in [7, 11) is 1.26. The first-order valence-electron chi connectivity index (χ1n) is 13.3. The Morgan fingerprint density at radius 2 is 1.95 bits per heavy atom. The molecule has 3 aromatic rings. The van der Waals surface area contributed by atoms with Crippen LogP contribution in [-0.2, 0) is 9.53 Å². The predicted octanol–water partition coefficient (Wildman–Crippen LogP) is 6.77. The van der Waals surface area contributed by atoms with Gasteiger partial charge in [0.05, 0.1) is 29.1 Å². The fourth-order valence-corrected chi connectivity index (χ4v) is 4.89. The molecule has 2 aromatic carbocycles. The molecule has 1 aromatic heterocycles. The van der Waals surface area contributed by atoms with Crippen molar-refractivity contribution in [1.82, 2.24) is 10.3 Å². The molecule has 3 atom stereocenters. The van der Waals surface area contributed by atoms with Gasteiger partial charge < -0.3 is 15.4 Å². The van der Waals surface area contributed by atoms with Crippen molar-refractivity contribution in [2.75, 3.05) is 24.3 Å². The molecule has 0 saturated heterocycles. The predicted molar refractivity (Wildman–Crippen MR) is 153 cm³/mol. The first-order chi connectivity index (χ1) is 19.6. The van der Waals surface area contributed by atoms with Gasteiger partial charge >= 0.3 is 6.09 Å². The first kappa shape index (κ1) is 30.1. The number of hydrogen-bond acceptors (Lipinski definition) is 6. The van der Waals surface area contributed by atoms with Gasteiger partial charge in [-0.25, -0.2) is 13.6 Å². The smallest absolute Gasteiger partial charge is 0.411 e. The van der Waals surface area contributed by atoms with Crippen molar-refractivity contribution in [2.45, 2.75) is 39.2 Å². The monoisotopic (exact) mass is 584 g/mol. The molecule has 216 valence electrons. The van der Waals surface area contributed by atoms with Crippen LogP contribution in [-0.4, -0.2) is 36.4 Å². The zero-order chi connectivity index (χ0) is 29.7. The van der Waals surface area contributed by atoms with E-state index in [4.69, 9.17) is 11.6 Å². The number of ketones is 1. The summed E-state index contributed by atoms with van der Waals surface area (Å²) in [6, 6.07) is 10.6. The number of hydrogen-bond donors (Lipinski definition) is 3. The van der Waals surface area contributed by atoms with Crippen LogP contribution < -0.4 is 16.0 Å². The normalized spacial score (nSPS) is 17.8. The SMILES string of the molecule is COC(=O)Nc1ccc2c(c1)NC(=O)[C@H](C)CCC[C@H](NCC(C)C(=O)c1c(F)ccc(Cl)c1F)c1cc-2ccn1. The Morgan fingerprint density at radius 1 is 1.17 bits per heavy atom. The third kappa shape index (κ3) is 7.07. The number of ether oxygens (including phenoxy) is 1. The molecule has 0 fully saturated rings. The molecule has 1 aliphatic rings. The van der Waals surface area contributed by atoms with Crippen LogP contribution in [0.1, 0.15) is 55.2 Å². The number of amides is 2. The number of fused-ring (bicyclic) bond motifs is 4. The molecule has 2 heterocycles. The number of carbonyl (C=O) groups is 3.